The molecule has 1 aromatic carbocycles. The van der Waals surface area contributed by atoms with Gasteiger partial charge in [0.15, 0.2) is 11.4 Å². The standard InChI is InChI=1S/C15H18N2O3/c1-15(2,14-16-9-10-17(14)3)20-12-7-5-11(6-8-12)13(18)19-4/h5-10H,1-4H3. The number of carbonyl (C=O) groups is 1. The van der Waals surface area contributed by atoms with Crippen LogP contribution < -0.4 is 4.74 Å². The highest BCUT2D eigenvalue weighted by Crippen LogP contribution is 2.26. The Morgan fingerprint density at radius 1 is 1.25 bits per heavy atom. The van der Waals surface area contributed by atoms with Crippen LogP contribution in [-0.2, 0) is 17.4 Å². The lowest BCUT2D eigenvalue weighted by Gasteiger charge is -2.26. The number of benzene rings is 1. The summed E-state index contributed by atoms with van der Waals surface area (Å²) in [6.45, 7) is 3.90. The Morgan fingerprint density at radius 2 is 1.90 bits per heavy atom. The summed E-state index contributed by atoms with van der Waals surface area (Å²) < 4.78 is 12.5. The lowest BCUT2D eigenvalue weighted by Crippen LogP contribution is -2.29. The van der Waals surface area contributed by atoms with E-state index in [0.29, 0.717) is 11.3 Å². The monoisotopic (exact) mass is 274 g/mol. The van der Waals surface area contributed by atoms with Crippen LogP contribution in [0.5, 0.6) is 5.75 Å². The quantitative estimate of drug-likeness (QED) is 0.804. The lowest BCUT2D eigenvalue weighted by atomic mass is 10.1. The van der Waals surface area contributed by atoms with E-state index in [1.807, 2.05) is 31.7 Å². The summed E-state index contributed by atoms with van der Waals surface area (Å²) in [5.41, 5.74) is -0.0694. The third kappa shape index (κ3) is 2.82. The zero-order valence-corrected chi connectivity index (χ0v) is 12.1. The average molecular weight is 274 g/mol. The highest BCUT2D eigenvalue weighted by atomic mass is 16.5. The molecule has 0 spiro atoms. The molecule has 106 valence electrons. The first-order valence-electron chi connectivity index (χ1n) is 6.29. The van der Waals surface area contributed by atoms with Gasteiger partial charge in [-0.15, -0.1) is 0 Å². The molecule has 5 heteroatoms. The van der Waals surface area contributed by atoms with Crippen molar-refractivity contribution < 1.29 is 14.3 Å². The van der Waals surface area contributed by atoms with E-state index >= 15 is 0 Å². The minimum absolute atomic E-state index is 0.361. The first-order chi connectivity index (χ1) is 9.44. The first kappa shape index (κ1) is 14.1. The summed E-state index contributed by atoms with van der Waals surface area (Å²) in [7, 11) is 3.28. The van der Waals surface area contributed by atoms with Crippen LogP contribution in [0.15, 0.2) is 36.7 Å². The molecule has 0 saturated heterocycles. The molecule has 0 saturated carbocycles. The molecule has 5 nitrogen and oxygen atoms in total. The van der Waals surface area contributed by atoms with Crippen LogP contribution >= 0.6 is 0 Å². The van der Waals surface area contributed by atoms with Crippen LogP contribution in [0.4, 0.5) is 0 Å². The zero-order chi connectivity index (χ0) is 14.8. The van der Waals surface area contributed by atoms with Crippen molar-refractivity contribution in [3.63, 3.8) is 0 Å². The Hall–Kier alpha value is -2.30. The van der Waals surface area contributed by atoms with Gasteiger partial charge in [0, 0.05) is 19.4 Å². The molecule has 0 N–H and O–H groups in total. The number of methoxy groups -OCH3 is 1. The van der Waals surface area contributed by atoms with Crippen molar-refractivity contribution in [2.75, 3.05) is 7.11 Å². The average Bonchev–Trinajstić information content (AvgIpc) is 2.85. The number of hydrogen-bond acceptors (Lipinski definition) is 4. The van der Waals surface area contributed by atoms with Crippen LogP contribution in [0.3, 0.4) is 0 Å². The number of aromatic nitrogens is 2. The molecule has 0 atom stereocenters. The SMILES string of the molecule is COC(=O)c1ccc(OC(C)(C)c2nccn2C)cc1. The third-order valence-electron chi connectivity index (χ3n) is 3.01. The second-order valence-corrected chi connectivity index (χ2v) is 4.99. The van der Waals surface area contributed by atoms with Crippen LogP contribution in [-0.4, -0.2) is 22.6 Å². The maximum Gasteiger partial charge on any atom is 0.337 e. The summed E-state index contributed by atoms with van der Waals surface area (Å²) in [6, 6.07) is 6.85. The van der Waals surface area contributed by atoms with Gasteiger partial charge < -0.3 is 14.0 Å². The largest absolute Gasteiger partial charge is 0.480 e. The van der Waals surface area contributed by atoms with Gasteiger partial charge in [-0.1, -0.05) is 0 Å². The normalized spacial score (nSPS) is 11.2. The number of aryl methyl sites for hydroxylation is 1. The number of esters is 1. The molecule has 0 bridgehead atoms. The fraction of sp³-hybridized carbons (Fsp3) is 0.333. The van der Waals surface area contributed by atoms with Gasteiger partial charge in [0.05, 0.1) is 12.7 Å². The van der Waals surface area contributed by atoms with Crippen molar-refractivity contribution in [2.45, 2.75) is 19.4 Å². The molecule has 0 unspecified atom stereocenters. The maximum absolute atomic E-state index is 11.4. The van der Waals surface area contributed by atoms with Crippen molar-refractivity contribution >= 4 is 5.97 Å². The molecule has 0 amide bonds. The molecule has 1 aromatic heterocycles. The van der Waals surface area contributed by atoms with E-state index in [0.717, 1.165) is 5.82 Å². The van der Waals surface area contributed by atoms with Gasteiger partial charge in [0.2, 0.25) is 0 Å². The van der Waals surface area contributed by atoms with E-state index in [-0.39, 0.29) is 5.97 Å². The van der Waals surface area contributed by atoms with Crippen LogP contribution in [0.25, 0.3) is 0 Å². The second-order valence-electron chi connectivity index (χ2n) is 4.99. The molecule has 20 heavy (non-hydrogen) atoms. The highest BCUT2D eigenvalue weighted by molar-refractivity contribution is 5.89. The van der Waals surface area contributed by atoms with E-state index in [9.17, 15) is 4.79 Å². The van der Waals surface area contributed by atoms with E-state index in [2.05, 4.69) is 9.72 Å². The van der Waals surface area contributed by atoms with Gasteiger partial charge in [-0.05, 0) is 38.1 Å². The van der Waals surface area contributed by atoms with Crippen molar-refractivity contribution in [1.29, 1.82) is 0 Å². The molecule has 1 heterocycles. The van der Waals surface area contributed by atoms with Gasteiger partial charge in [-0.25, -0.2) is 9.78 Å². The van der Waals surface area contributed by atoms with Crippen LogP contribution in [0.1, 0.15) is 30.0 Å². The number of ether oxygens (including phenoxy) is 2. The summed E-state index contributed by atoms with van der Waals surface area (Å²) in [4.78, 5) is 15.7. The van der Waals surface area contributed by atoms with Crippen LogP contribution in [0.2, 0.25) is 0 Å². The van der Waals surface area contributed by atoms with Gasteiger partial charge in [0.1, 0.15) is 5.75 Å². The zero-order valence-electron chi connectivity index (χ0n) is 12.1. The first-order valence-corrected chi connectivity index (χ1v) is 6.29. The minimum Gasteiger partial charge on any atom is -0.480 e. The Balaban J connectivity index is 2.18. The number of imidazole rings is 1. The minimum atomic E-state index is -0.564. The summed E-state index contributed by atoms with van der Waals surface area (Å²) in [5.74, 6) is 1.14. The molecule has 0 aliphatic rings. The molecule has 0 fully saturated rings. The Morgan fingerprint density at radius 3 is 2.40 bits per heavy atom. The fourth-order valence-corrected chi connectivity index (χ4v) is 2.06. The maximum atomic E-state index is 11.4. The summed E-state index contributed by atoms with van der Waals surface area (Å²) in [6.07, 6.45) is 3.61. The van der Waals surface area contributed by atoms with Crippen molar-refractivity contribution in [3.05, 3.63) is 48.0 Å². The van der Waals surface area contributed by atoms with Crippen molar-refractivity contribution in [2.24, 2.45) is 7.05 Å². The molecule has 0 aliphatic carbocycles. The summed E-state index contributed by atoms with van der Waals surface area (Å²) >= 11 is 0. The van der Waals surface area contributed by atoms with E-state index in [1.165, 1.54) is 7.11 Å². The van der Waals surface area contributed by atoms with Crippen LogP contribution in [0, 0.1) is 0 Å². The van der Waals surface area contributed by atoms with Crippen molar-refractivity contribution in [3.8, 4) is 5.75 Å². The number of rotatable bonds is 4. The number of nitrogens with zero attached hydrogens (tertiary/aromatic N) is 2. The number of carbonyl (C=O) groups excluding carboxylic acids is 1. The van der Waals surface area contributed by atoms with Gasteiger partial charge in [0.25, 0.3) is 0 Å². The molecule has 2 rings (SSSR count). The predicted molar refractivity (Wildman–Crippen MR) is 74.6 cm³/mol. The Labute approximate surface area is 118 Å². The summed E-state index contributed by atoms with van der Waals surface area (Å²) in [5, 5.41) is 0. The van der Waals surface area contributed by atoms with E-state index in [1.54, 1.807) is 30.5 Å². The van der Waals surface area contributed by atoms with Gasteiger partial charge in [-0.2, -0.15) is 0 Å². The van der Waals surface area contributed by atoms with E-state index < -0.39 is 5.60 Å². The second kappa shape index (κ2) is 5.36. The Kier molecular flexibility index (Phi) is 3.79. The molecular formula is C15H18N2O3. The Bertz CT molecular complexity index is 600. The van der Waals surface area contributed by atoms with E-state index in [4.69, 9.17) is 4.74 Å². The molecule has 0 radical (unpaired) electrons. The highest BCUT2D eigenvalue weighted by Gasteiger charge is 2.27. The fourth-order valence-electron chi connectivity index (χ4n) is 2.06. The van der Waals surface area contributed by atoms with Gasteiger partial charge in [-0.3, -0.25) is 0 Å². The lowest BCUT2D eigenvalue weighted by molar-refractivity contribution is 0.0600. The topological polar surface area (TPSA) is 53.4 Å². The van der Waals surface area contributed by atoms with Gasteiger partial charge >= 0.3 is 5.97 Å². The number of hydrogen-bond donors (Lipinski definition) is 0. The van der Waals surface area contributed by atoms with Crippen molar-refractivity contribution in [1.82, 2.24) is 9.55 Å². The molecule has 0 aliphatic heterocycles. The third-order valence-corrected chi connectivity index (χ3v) is 3.01. The molecule has 2 aromatic rings. The predicted octanol–water partition coefficient (Wildman–Crippen LogP) is 2.52. The smallest absolute Gasteiger partial charge is 0.337 e. The molecular weight excluding hydrogens is 256 g/mol.